The molecule has 28 heavy (non-hydrogen) atoms. The molecule has 1 aromatic carbocycles. The second-order valence-corrected chi connectivity index (χ2v) is 7.58. The van der Waals surface area contributed by atoms with Gasteiger partial charge in [0.1, 0.15) is 5.69 Å². The van der Waals surface area contributed by atoms with Crippen LogP contribution >= 0.6 is 23.2 Å². The maximum atomic E-state index is 12.7. The Hall–Kier alpha value is -2.44. The minimum Gasteiger partial charge on any atom is -0.419 e. The monoisotopic (exact) mass is 416 g/mol. The highest BCUT2D eigenvalue weighted by atomic mass is 35.5. The predicted octanol–water partition coefficient (Wildman–Crippen LogP) is 4.39. The van der Waals surface area contributed by atoms with Crippen LogP contribution in [0.3, 0.4) is 0 Å². The molecule has 8 heteroatoms. The van der Waals surface area contributed by atoms with Crippen LogP contribution in [-0.2, 0) is 11.2 Å². The minimum atomic E-state index is 0.0245. The summed E-state index contributed by atoms with van der Waals surface area (Å²) in [6.45, 7) is 1.28. The first-order chi connectivity index (χ1) is 13.6. The summed E-state index contributed by atoms with van der Waals surface area (Å²) in [7, 11) is 0. The van der Waals surface area contributed by atoms with Gasteiger partial charge in [0.25, 0.3) is 5.89 Å². The molecule has 3 heterocycles. The van der Waals surface area contributed by atoms with Crippen LogP contribution in [0, 0.1) is 0 Å². The average Bonchev–Trinajstić information content (AvgIpc) is 3.22. The van der Waals surface area contributed by atoms with E-state index >= 15 is 0 Å². The van der Waals surface area contributed by atoms with E-state index in [9.17, 15) is 4.79 Å². The SMILES string of the molecule is O=C(Cc1ccc(Cl)c(Cl)c1)N1CCC[C@@H](c2nnc(-c3ccccn3)o2)C1. The number of aromatic nitrogens is 3. The number of pyridine rings is 1. The summed E-state index contributed by atoms with van der Waals surface area (Å²) in [6.07, 6.45) is 3.76. The lowest BCUT2D eigenvalue weighted by Crippen LogP contribution is -2.40. The Balaban J connectivity index is 1.43. The van der Waals surface area contributed by atoms with Gasteiger partial charge >= 0.3 is 0 Å². The predicted molar refractivity (Wildman–Crippen MR) is 106 cm³/mol. The van der Waals surface area contributed by atoms with Crippen molar-refractivity contribution >= 4 is 29.1 Å². The maximum Gasteiger partial charge on any atom is 0.266 e. The maximum absolute atomic E-state index is 12.7. The number of hydrogen-bond acceptors (Lipinski definition) is 5. The fourth-order valence-electron chi connectivity index (χ4n) is 3.33. The molecule has 0 N–H and O–H groups in total. The lowest BCUT2D eigenvalue weighted by Gasteiger charge is -2.31. The summed E-state index contributed by atoms with van der Waals surface area (Å²) in [6, 6.07) is 10.8. The van der Waals surface area contributed by atoms with Crippen LogP contribution < -0.4 is 0 Å². The number of carbonyl (C=O) groups is 1. The smallest absolute Gasteiger partial charge is 0.266 e. The van der Waals surface area contributed by atoms with Gasteiger partial charge in [0.05, 0.1) is 22.4 Å². The van der Waals surface area contributed by atoms with Crippen LogP contribution in [-0.4, -0.2) is 39.1 Å². The highest BCUT2D eigenvalue weighted by Gasteiger charge is 2.28. The number of halogens is 2. The molecule has 0 bridgehead atoms. The lowest BCUT2D eigenvalue weighted by atomic mass is 9.97. The van der Waals surface area contributed by atoms with Crippen molar-refractivity contribution < 1.29 is 9.21 Å². The van der Waals surface area contributed by atoms with Crippen molar-refractivity contribution in [2.45, 2.75) is 25.2 Å². The molecule has 1 aliphatic heterocycles. The topological polar surface area (TPSA) is 72.1 Å². The second kappa shape index (κ2) is 8.29. The Morgan fingerprint density at radius 2 is 2.07 bits per heavy atom. The van der Waals surface area contributed by atoms with Crippen LogP contribution in [0.5, 0.6) is 0 Å². The third-order valence-corrected chi connectivity index (χ3v) is 5.53. The molecule has 1 atom stereocenters. The Morgan fingerprint density at radius 1 is 1.18 bits per heavy atom. The number of likely N-dealkylation sites (tertiary alicyclic amines) is 1. The third kappa shape index (κ3) is 4.18. The van der Waals surface area contributed by atoms with Crippen molar-refractivity contribution in [1.82, 2.24) is 20.1 Å². The molecule has 0 saturated carbocycles. The van der Waals surface area contributed by atoms with E-state index < -0.39 is 0 Å². The largest absolute Gasteiger partial charge is 0.419 e. The summed E-state index contributed by atoms with van der Waals surface area (Å²) in [5, 5.41) is 9.23. The van der Waals surface area contributed by atoms with Gasteiger partial charge in [-0.3, -0.25) is 9.78 Å². The average molecular weight is 417 g/mol. The standard InChI is InChI=1S/C20H18Cl2N4O2/c21-15-7-6-13(10-16(15)22)11-18(27)26-9-3-4-14(12-26)19-24-25-20(28-19)17-5-1-2-8-23-17/h1-2,5-8,10,14H,3-4,9,11-12H2/t14-/m1/s1. The quantitative estimate of drug-likeness (QED) is 0.630. The summed E-state index contributed by atoms with van der Waals surface area (Å²) < 4.78 is 5.83. The molecular formula is C20H18Cl2N4O2. The van der Waals surface area contributed by atoms with Crippen molar-refractivity contribution in [1.29, 1.82) is 0 Å². The molecule has 0 spiro atoms. The van der Waals surface area contributed by atoms with Gasteiger partial charge in [-0.15, -0.1) is 10.2 Å². The molecule has 1 saturated heterocycles. The molecule has 1 aliphatic rings. The number of nitrogens with zero attached hydrogens (tertiary/aromatic N) is 4. The van der Waals surface area contributed by atoms with Gasteiger partial charge in [-0.25, -0.2) is 0 Å². The minimum absolute atomic E-state index is 0.0245. The number of amides is 1. The Morgan fingerprint density at radius 3 is 2.86 bits per heavy atom. The Labute approximate surface area is 172 Å². The van der Waals surface area contributed by atoms with Gasteiger partial charge < -0.3 is 9.32 Å². The highest BCUT2D eigenvalue weighted by Crippen LogP contribution is 2.29. The van der Waals surface area contributed by atoms with E-state index in [1.807, 2.05) is 29.2 Å². The van der Waals surface area contributed by atoms with E-state index in [1.54, 1.807) is 18.3 Å². The van der Waals surface area contributed by atoms with Crippen LogP contribution in [0.1, 0.15) is 30.2 Å². The van der Waals surface area contributed by atoms with Gasteiger partial charge in [-0.1, -0.05) is 35.3 Å². The van der Waals surface area contributed by atoms with E-state index in [4.69, 9.17) is 27.6 Å². The van der Waals surface area contributed by atoms with Crippen LogP contribution in [0.4, 0.5) is 0 Å². The Bertz CT molecular complexity index is 977. The molecule has 4 rings (SSSR count). The first-order valence-corrected chi connectivity index (χ1v) is 9.82. The van der Waals surface area contributed by atoms with Gasteiger partial charge in [-0.2, -0.15) is 0 Å². The van der Waals surface area contributed by atoms with Crippen molar-refractivity contribution in [3.63, 3.8) is 0 Å². The lowest BCUT2D eigenvalue weighted by molar-refractivity contribution is -0.131. The third-order valence-electron chi connectivity index (χ3n) is 4.79. The first kappa shape index (κ1) is 18.9. The number of carbonyl (C=O) groups excluding carboxylic acids is 1. The van der Waals surface area contributed by atoms with Gasteiger partial charge in [0.15, 0.2) is 0 Å². The number of hydrogen-bond donors (Lipinski definition) is 0. The zero-order chi connectivity index (χ0) is 19.5. The van der Waals surface area contributed by atoms with Crippen LogP contribution in [0.25, 0.3) is 11.6 Å². The zero-order valence-corrected chi connectivity index (χ0v) is 16.5. The van der Waals surface area contributed by atoms with E-state index in [1.165, 1.54) is 0 Å². The molecule has 2 aromatic heterocycles. The molecule has 0 unspecified atom stereocenters. The van der Waals surface area contributed by atoms with Crippen molar-refractivity contribution in [2.24, 2.45) is 0 Å². The molecule has 1 amide bonds. The molecule has 144 valence electrons. The van der Waals surface area contributed by atoms with E-state index in [0.29, 0.717) is 34.1 Å². The van der Waals surface area contributed by atoms with Crippen molar-refractivity contribution in [3.8, 4) is 11.6 Å². The second-order valence-electron chi connectivity index (χ2n) is 6.76. The normalized spacial score (nSPS) is 16.9. The number of piperidine rings is 1. The van der Waals surface area contributed by atoms with E-state index in [-0.39, 0.29) is 18.2 Å². The summed E-state index contributed by atoms with van der Waals surface area (Å²) >= 11 is 12.0. The summed E-state index contributed by atoms with van der Waals surface area (Å²) in [5.74, 6) is 1.02. The first-order valence-electron chi connectivity index (χ1n) is 9.06. The molecular weight excluding hydrogens is 399 g/mol. The molecule has 0 aliphatic carbocycles. The summed E-state index contributed by atoms with van der Waals surface area (Å²) in [4.78, 5) is 18.8. The molecule has 1 fully saturated rings. The Kier molecular flexibility index (Phi) is 5.59. The van der Waals surface area contributed by atoms with E-state index in [0.717, 1.165) is 24.9 Å². The van der Waals surface area contributed by atoms with Crippen LogP contribution in [0.15, 0.2) is 47.0 Å². The van der Waals surface area contributed by atoms with Gasteiger partial charge in [-0.05, 0) is 42.7 Å². The fourth-order valence-corrected chi connectivity index (χ4v) is 3.65. The van der Waals surface area contributed by atoms with Crippen molar-refractivity contribution in [3.05, 3.63) is 64.1 Å². The molecule has 6 nitrogen and oxygen atoms in total. The van der Waals surface area contributed by atoms with Gasteiger partial charge in [0.2, 0.25) is 11.8 Å². The fraction of sp³-hybridized carbons (Fsp3) is 0.300. The number of rotatable bonds is 4. The molecule has 0 radical (unpaired) electrons. The zero-order valence-electron chi connectivity index (χ0n) is 15.0. The number of benzene rings is 1. The van der Waals surface area contributed by atoms with E-state index in [2.05, 4.69) is 15.2 Å². The van der Waals surface area contributed by atoms with Crippen LogP contribution in [0.2, 0.25) is 10.0 Å². The molecule has 3 aromatic rings. The highest BCUT2D eigenvalue weighted by molar-refractivity contribution is 6.42. The van der Waals surface area contributed by atoms with Crippen molar-refractivity contribution in [2.75, 3.05) is 13.1 Å². The summed E-state index contributed by atoms with van der Waals surface area (Å²) in [5.41, 5.74) is 1.49. The van der Waals surface area contributed by atoms with Gasteiger partial charge in [0, 0.05) is 19.3 Å².